The number of carbonyl (C=O) groups excluding carboxylic acids is 1. The summed E-state index contributed by atoms with van der Waals surface area (Å²) in [6.45, 7) is 0. The predicted molar refractivity (Wildman–Crippen MR) is 76.2 cm³/mol. The van der Waals surface area contributed by atoms with Crippen molar-refractivity contribution in [3.8, 4) is 0 Å². The fourth-order valence-electron chi connectivity index (χ4n) is 3.08. The molecule has 2 saturated heterocycles. The summed E-state index contributed by atoms with van der Waals surface area (Å²) < 4.78 is 5.69. The van der Waals surface area contributed by atoms with E-state index in [0.29, 0.717) is 11.3 Å². The van der Waals surface area contributed by atoms with Crippen molar-refractivity contribution in [1.82, 2.24) is 5.32 Å². The molecular formula is C15H18N2O4. The second kappa shape index (κ2) is 5.73. The fourth-order valence-corrected chi connectivity index (χ4v) is 3.08. The van der Waals surface area contributed by atoms with Crippen LogP contribution < -0.4 is 10.6 Å². The van der Waals surface area contributed by atoms with Crippen LogP contribution in [0, 0.1) is 0 Å². The zero-order valence-corrected chi connectivity index (χ0v) is 11.5. The molecule has 2 heterocycles. The second-order valence-corrected chi connectivity index (χ2v) is 5.54. The lowest BCUT2D eigenvalue weighted by molar-refractivity contribution is -0.136. The average molecular weight is 290 g/mol. The van der Waals surface area contributed by atoms with Crippen molar-refractivity contribution in [2.24, 2.45) is 0 Å². The summed E-state index contributed by atoms with van der Waals surface area (Å²) in [4.78, 5) is 22.9. The molecule has 0 spiro atoms. The molecule has 3 unspecified atom stereocenters. The van der Waals surface area contributed by atoms with Gasteiger partial charge in [0.2, 0.25) is 0 Å². The maximum Gasteiger partial charge on any atom is 0.319 e. The van der Waals surface area contributed by atoms with E-state index in [2.05, 4.69) is 10.6 Å². The van der Waals surface area contributed by atoms with Crippen LogP contribution in [-0.4, -0.2) is 35.4 Å². The van der Waals surface area contributed by atoms with Crippen LogP contribution in [0.25, 0.3) is 0 Å². The van der Waals surface area contributed by atoms with E-state index < -0.39 is 5.97 Å². The minimum absolute atomic E-state index is 0.0513. The highest BCUT2D eigenvalue weighted by Gasteiger charge is 2.41. The largest absolute Gasteiger partial charge is 0.481 e. The highest BCUT2D eigenvalue weighted by molar-refractivity contribution is 5.91. The number of amides is 2. The SMILES string of the molecule is O=C(O)Cc1ccccc1NC(=O)NC1CC2CCC1O2. The van der Waals surface area contributed by atoms with Crippen LogP contribution >= 0.6 is 0 Å². The summed E-state index contributed by atoms with van der Waals surface area (Å²) in [5.41, 5.74) is 1.12. The van der Waals surface area contributed by atoms with Gasteiger partial charge in [-0.15, -0.1) is 0 Å². The Morgan fingerprint density at radius 3 is 2.76 bits per heavy atom. The number of rotatable bonds is 4. The number of carboxylic acids is 1. The van der Waals surface area contributed by atoms with Crippen LogP contribution in [-0.2, 0) is 16.0 Å². The van der Waals surface area contributed by atoms with Crippen LogP contribution in [0.4, 0.5) is 10.5 Å². The molecule has 1 aromatic carbocycles. The van der Waals surface area contributed by atoms with Crippen molar-refractivity contribution in [3.05, 3.63) is 29.8 Å². The lowest BCUT2D eigenvalue weighted by Crippen LogP contribution is -2.43. The molecule has 2 aliphatic rings. The van der Waals surface area contributed by atoms with Crippen LogP contribution in [0.5, 0.6) is 0 Å². The first kappa shape index (κ1) is 13.9. The maximum absolute atomic E-state index is 12.1. The second-order valence-electron chi connectivity index (χ2n) is 5.54. The molecule has 6 heteroatoms. The molecule has 0 radical (unpaired) electrons. The molecule has 3 rings (SSSR count). The van der Waals surface area contributed by atoms with Crippen molar-refractivity contribution in [2.45, 2.75) is 43.9 Å². The summed E-state index contributed by atoms with van der Waals surface area (Å²) in [7, 11) is 0. The van der Waals surface area contributed by atoms with Crippen molar-refractivity contribution in [1.29, 1.82) is 0 Å². The third kappa shape index (κ3) is 3.16. The zero-order chi connectivity index (χ0) is 14.8. The van der Waals surface area contributed by atoms with E-state index in [1.807, 2.05) is 0 Å². The van der Waals surface area contributed by atoms with Gasteiger partial charge in [-0.1, -0.05) is 18.2 Å². The summed E-state index contributed by atoms with van der Waals surface area (Å²) in [6.07, 6.45) is 3.20. The fraction of sp³-hybridized carbons (Fsp3) is 0.467. The van der Waals surface area contributed by atoms with Crippen molar-refractivity contribution < 1.29 is 19.4 Å². The summed E-state index contributed by atoms with van der Waals surface area (Å²) in [6, 6.07) is 6.66. The third-order valence-corrected chi connectivity index (χ3v) is 4.03. The number of fused-ring (bicyclic) bond motifs is 2. The van der Waals surface area contributed by atoms with E-state index in [9.17, 15) is 9.59 Å². The van der Waals surface area contributed by atoms with E-state index in [-0.39, 0.29) is 30.7 Å². The van der Waals surface area contributed by atoms with Crippen LogP contribution in [0.3, 0.4) is 0 Å². The summed E-state index contributed by atoms with van der Waals surface area (Å²) in [5, 5.41) is 14.5. The highest BCUT2D eigenvalue weighted by Crippen LogP contribution is 2.34. The molecule has 0 saturated carbocycles. The van der Waals surface area contributed by atoms with E-state index in [1.165, 1.54) is 0 Å². The minimum Gasteiger partial charge on any atom is -0.481 e. The predicted octanol–water partition coefficient (Wildman–Crippen LogP) is 1.76. The van der Waals surface area contributed by atoms with E-state index in [0.717, 1.165) is 19.3 Å². The van der Waals surface area contributed by atoms with Crippen LogP contribution in [0.15, 0.2) is 24.3 Å². The Bertz CT molecular complexity index is 560. The molecule has 1 aromatic rings. The Balaban J connectivity index is 1.61. The number of hydrogen-bond donors (Lipinski definition) is 3. The van der Waals surface area contributed by atoms with Gasteiger partial charge in [-0.05, 0) is 30.9 Å². The van der Waals surface area contributed by atoms with Crippen molar-refractivity contribution in [3.63, 3.8) is 0 Å². The Labute approximate surface area is 122 Å². The van der Waals surface area contributed by atoms with Gasteiger partial charge in [0, 0.05) is 5.69 Å². The van der Waals surface area contributed by atoms with Crippen LogP contribution in [0.1, 0.15) is 24.8 Å². The Hall–Kier alpha value is -2.08. The average Bonchev–Trinajstić information content (AvgIpc) is 3.02. The van der Waals surface area contributed by atoms with Gasteiger partial charge in [-0.2, -0.15) is 0 Å². The minimum atomic E-state index is -0.925. The van der Waals surface area contributed by atoms with Gasteiger partial charge < -0.3 is 20.5 Å². The normalized spacial score (nSPS) is 26.6. The monoisotopic (exact) mass is 290 g/mol. The number of nitrogens with one attached hydrogen (secondary N) is 2. The Morgan fingerprint density at radius 1 is 1.29 bits per heavy atom. The smallest absolute Gasteiger partial charge is 0.319 e. The van der Waals surface area contributed by atoms with Gasteiger partial charge in [0.15, 0.2) is 0 Å². The topological polar surface area (TPSA) is 87.7 Å². The number of para-hydroxylation sites is 1. The molecule has 0 aromatic heterocycles. The number of urea groups is 1. The molecule has 2 fully saturated rings. The number of carbonyl (C=O) groups is 2. The standard InChI is InChI=1S/C15H18N2O4/c18-14(19)7-9-3-1-2-4-11(9)16-15(20)17-12-8-10-5-6-13(12)21-10/h1-4,10,12-13H,5-8H2,(H,18,19)(H2,16,17,20). The number of aliphatic carboxylic acids is 1. The van der Waals surface area contributed by atoms with Gasteiger partial charge in [-0.25, -0.2) is 4.79 Å². The van der Waals surface area contributed by atoms with Gasteiger partial charge in [0.1, 0.15) is 0 Å². The Morgan fingerprint density at radius 2 is 2.10 bits per heavy atom. The number of benzene rings is 1. The highest BCUT2D eigenvalue weighted by atomic mass is 16.5. The quantitative estimate of drug-likeness (QED) is 0.788. The third-order valence-electron chi connectivity index (χ3n) is 4.03. The summed E-state index contributed by atoms with van der Waals surface area (Å²) in [5.74, 6) is -0.925. The molecular weight excluding hydrogens is 272 g/mol. The first-order valence-corrected chi connectivity index (χ1v) is 7.14. The summed E-state index contributed by atoms with van der Waals surface area (Å²) >= 11 is 0. The number of carboxylic acid groups (broad SMARTS) is 1. The molecule has 112 valence electrons. The Kier molecular flexibility index (Phi) is 3.79. The molecule has 3 N–H and O–H groups in total. The zero-order valence-electron chi connectivity index (χ0n) is 11.5. The van der Waals surface area contributed by atoms with Gasteiger partial charge in [0.25, 0.3) is 0 Å². The van der Waals surface area contributed by atoms with E-state index >= 15 is 0 Å². The lowest BCUT2D eigenvalue weighted by atomic mass is 9.96. The lowest BCUT2D eigenvalue weighted by Gasteiger charge is -2.20. The van der Waals surface area contributed by atoms with Crippen molar-refractivity contribution in [2.75, 3.05) is 5.32 Å². The van der Waals surface area contributed by atoms with Gasteiger partial charge in [-0.3, -0.25) is 4.79 Å². The van der Waals surface area contributed by atoms with Crippen molar-refractivity contribution >= 4 is 17.7 Å². The molecule has 3 atom stereocenters. The van der Waals surface area contributed by atoms with Crippen LogP contribution in [0.2, 0.25) is 0 Å². The molecule has 21 heavy (non-hydrogen) atoms. The number of anilines is 1. The molecule has 2 bridgehead atoms. The molecule has 2 aliphatic heterocycles. The first-order chi connectivity index (χ1) is 10.1. The number of ether oxygens (including phenoxy) is 1. The first-order valence-electron chi connectivity index (χ1n) is 7.14. The maximum atomic E-state index is 12.1. The van der Waals surface area contributed by atoms with E-state index in [1.54, 1.807) is 24.3 Å². The number of hydrogen-bond acceptors (Lipinski definition) is 3. The molecule has 6 nitrogen and oxygen atoms in total. The van der Waals surface area contributed by atoms with E-state index in [4.69, 9.17) is 9.84 Å². The molecule has 0 aliphatic carbocycles. The molecule has 2 amide bonds. The van der Waals surface area contributed by atoms with Gasteiger partial charge in [0.05, 0.1) is 24.7 Å². The van der Waals surface area contributed by atoms with Gasteiger partial charge >= 0.3 is 12.0 Å².